The van der Waals surface area contributed by atoms with Crippen molar-refractivity contribution < 1.29 is 9.90 Å². The number of carbonyl (C=O) groups excluding carboxylic acids is 1. The van der Waals surface area contributed by atoms with Crippen LogP contribution in [0, 0.1) is 18.8 Å². The average Bonchev–Trinajstić information content (AvgIpc) is 2.86. The van der Waals surface area contributed by atoms with E-state index in [1.165, 1.54) is 22.3 Å². The molecule has 0 heterocycles. The lowest BCUT2D eigenvalue weighted by atomic mass is 9.62. The summed E-state index contributed by atoms with van der Waals surface area (Å²) in [4.78, 5) is 13.6. The fourth-order valence-electron chi connectivity index (χ4n) is 5.24. The molecule has 1 amide bonds. The largest absolute Gasteiger partial charge is 0.376 e. The quantitative estimate of drug-likeness (QED) is 0.417. The lowest BCUT2D eigenvalue weighted by molar-refractivity contribution is 0.1000. The van der Waals surface area contributed by atoms with Crippen LogP contribution < -0.4 is 10.6 Å². The summed E-state index contributed by atoms with van der Waals surface area (Å²) in [5.74, 6) is 5.59. The van der Waals surface area contributed by atoms with Gasteiger partial charge in [0.1, 0.15) is 6.10 Å². The molecule has 0 fully saturated rings. The monoisotopic (exact) mass is 494 g/mol. The maximum absolute atomic E-state index is 11.3. The number of nitrogens with zero attached hydrogens (tertiary/aromatic N) is 1. The van der Waals surface area contributed by atoms with Gasteiger partial charge in [-0.2, -0.15) is 0 Å². The Labute approximate surface area is 221 Å². The number of aryl methyl sites for hydroxylation is 1. The molecule has 4 heteroatoms. The third kappa shape index (κ3) is 5.73. The zero-order valence-electron chi connectivity index (χ0n) is 22.9. The number of carbonyl (C=O) groups is 1. The smallest absolute Gasteiger partial charge is 0.248 e. The van der Waals surface area contributed by atoms with E-state index in [0.29, 0.717) is 5.56 Å². The first kappa shape index (κ1) is 26.5. The molecule has 3 N–H and O–H groups in total. The van der Waals surface area contributed by atoms with Crippen molar-refractivity contribution in [1.29, 1.82) is 0 Å². The zero-order chi connectivity index (χ0) is 27.0. The lowest BCUT2D eigenvalue weighted by Crippen LogP contribution is -2.36. The molecule has 0 radical (unpaired) electrons. The van der Waals surface area contributed by atoms with Crippen molar-refractivity contribution >= 4 is 11.6 Å². The second kappa shape index (κ2) is 10.1. The number of rotatable bonds is 5. The molecule has 0 aliphatic heterocycles. The topological polar surface area (TPSA) is 66.6 Å². The van der Waals surface area contributed by atoms with Crippen LogP contribution in [0.4, 0.5) is 5.69 Å². The van der Waals surface area contributed by atoms with Gasteiger partial charge < -0.3 is 15.7 Å². The van der Waals surface area contributed by atoms with Crippen molar-refractivity contribution in [2.75, 3.05) is 11.9 Å². The van der Waals surface area contributed by atoms with E-state index in [1.54, 1.807) is 24.3 Å². The molecule has 0 bridgehead atoms. The second-order valence-corrected chi connectivity index (χ2v) is 11.7. The number of hydrogen-bond acceptors (Lipinski definition) is 3. The number of anilines is 1. The van der Waals surface area contributed by atoms with Crippen LogP contribution in [0.2, 0.25) is 0 Å². The van der Waals surface area contributed by atoms with Crippen LogP contribution in [0.15, 0.2) is 60.7 Å². The number of primary amides is 1. The van der Waals surface area contributed by atoms with Crippen molar-refractivity contribution in [3.05, 3.63) is 99.6 Å². The van der Waals surface area contributed by atoms with Gasteiger partial charge in [0, 0.05) is 30.4 Å². The van der Waals surface area contributed by atoms with Crippen molar-refractivity contribution in [2.45, 2.75) is 70.9 Å². The van der Waals surface area contributed by atoms with Crippen LogP contribution in [-0.2, 0) is 17.4 Å². The second-order valence-electron chi connectivity index (χ2n) is 11.7. The van der Waals surface area contributed by atoms with E-state index >= 15 is 0 Å². The van der Waals surface area contributed by atoms with Crippen LogP contribution in [0.25, 0.3) is 0 Å². The molecule has 3 aromatic rings. The molecule has 1 atom stereocenters. The van der Waals surface area contributed by atoms with Gasteiger partial charge in [-0.05, 0) is 83.2 Å². The van der Waals surface area contributed by atoms with E-state index in [4.69, 9.17) is 5.73 Å². The van der Waals surface area contributed by atoms with Crippen molar-refractivity contribution in [3.63, 3.8) is 0 Å². The molecule has 4 nitrogen and oxygen atoms in total. The van der Waals surface area contributed by atoms with Crippen LogP contribution in [0.5, 0.6) is 0 Å². The number of fused-ring (bicyclic) bond motifs is 1. The number of amides is 1. The molecular formula is C33H38N2O2. The first-order chi connectivity index (χ1) is 17.4. The highest BCUT2D eigenvalue weighted by Crippen LogP contribution is 2.50. The number of aliphatic hydroxyl groups excluding tert-OH is 1. The standard InChI is InChI=1S/C33H38N2O2/c1-22-7-9-24(10-8-22)21-35(6)28-20-26(19-27-30(28)33(4,5)18-17-32(27,2)3)29(36)16-13-23-11-14-25(15-12-23)31(34)37/h7-12,14-15,19-20,29,36H,17-18,21H2,1-6H3,(H2,34,37). The number of aliphatic hydroxyl groups is 1. The fraction of sp³-hybridized carbons (Fsp3) is 0.364. The summed E-state index contributed by atoms with van der Waals surface area (Å²) in [5, 5.41) is 11.2. The molecule has 1 aliphatic rings. The van der Waals surface area contributed by atoms with Crippen LogP contribution in [-0.4, -0.2) is 18.1 Å². The van der Waals surface area contributed by atoms with Gasteiger partial charge in [0.05, 0.1) is 0 Å². The number of hydrogen-bond donors (Lipinski definition) is 2. The minimum Gasteiger partial charge on any atom is -0.376 e. The van der Waals surface area contributed by atoms with Crippen LogP contribution >= 0.6 is 0 Å². The summed E-state index contributed by atoms with van der Waals surface area (Å²) >= 11 is 0. The van der Waals surface area contributed by atoms with Gasteiger partial charge in [0.15, 0.2) is 0 Å². The highest BCUT2D eigenvalue weighted by atomic mass is 16.3. The Morgan fingerprint density at radius 1 is 1.00 bits per heavy atom. The van der Waals surface area contributed by atoms with E-state index in [9.17, 15) is 9.90 Å². The molecule has 0 saturated heterocycles. The first-order valence-electron chi connectivity index (χ1n) is 12.9. The lowest BCUT2D eigenvalue weighted by Gasteiger charge is -2.44. The van der Waals surface area contributed by atoms with Gasteiger partial charge in [-0.15, -0.1) is 0 Å². The van der Waals surface area contributed by atoms with Gasteiger partial charge in [-0.25, -0.2) is 0 Å². The minimum atomic E-state index is -0.937. The van der Waals surface area contributed by atoms with Gasteiger partial charge >= 0.3 is 0 Å². The number of benzene rings is 3. The Morgan fingerprint density at radius 3 is 2.24 bits per heavy atom. The number of nitrogens with two attached hydrogens (primary N) is 1. The Bertz CT molecular complexity index is 1360. The van der Waals surface area contributed by atoms with E-state index in [2.05, 4.69) is 94.8 Å². The summed E-state index contributed by atoms with van der Waals surface area (Å²) < 4.78 is 0. The summed E-state index contributed by atoms with van der Waals surface area (Å²) in [7, 11) is 2.13. The first-order valence-corrected chi connectivity index (χ1v) is 12.9. The van der Waals surface area contributed by atoms with Gasteiger partial charge in [-0.3, -0.25) is 4.79 Å². The Morgan fingerprint density at radius 2 is 1.62 bits per heavy atom. The molecule has 0 saturated carbocycles. The third-order valence-corrected chi connectivity index (χ3v) is 7.71. The average molecular weight is 495 g/mol. The predicted octanol–water partition coefficient (Wildman–Crippen LogP) is 6.16. The van der Waals surface area contributed by atoms with Crippen molar-refractivity contribution in [2.24, 2.45) is 5.73 Å². The fourth-order valence-corrected chi connectivity index (χ4v) is 5.24. The van der Waals surface area contributed by atoms with E-state index in [-0.39, 0.29) is 10.8 Å². The summed E-state index contributed by atoms with van der Waals surface area (Å²) in [6.45, 7) is 12.1. The van der Waals surface area contributed by atoms with Crippen molar-refractivity contribution in [1.82, 2.24) is 0 Å². The van der Waals surface area contributed by atoms with E-state index < -0.39 is 12.0 Å². The van der Waals surface area contributed by atoms with E-state index in [1.807, 2.05) is 0 Å². The molecule has 0 aromatic heterocycles. The molecule has 1 unspecified atom stereocenters. The third-order valence-electron chi connectivity index (χ3n) is 7.71. The molecular weight excluding hydrogens is 456 g/mol. The maximum Gasteiger partial charge on any atom is 0.248 e. The molecule has 3 aromatic carbocycles. The Kier molecular flexibility index (Phi) is 7.22. The maximum atomic E-state index is 11.3. The molecule has 37 heavy (non-hydrogen) atoms. The molecule has 4 rings (SSSR count). The van der Waals surface area contributed by atoms with Gasteiger partial charge in [0.25, 0.3) is 0 Å². The Hall–Kier alpha value is -3.55. The summed E-state index contributed by atoms with van der Waals surface area (Å²) in [6.07, 6.45) is 1.26. The predicted molar refractivity (Wildman–Crippen MR) is 152 cm³/mol. The highest BCUT2D eigenvalue weighted by Gasteiger charge is 2.40. The highest BCUT2D eigenvalue weighted by molar-refractivity contribution is 5.92. The summed E-state index contributed by atoms with van der Waals surface area (Å²) in [5.41, 5.74) is 13.6. The zero-order valence-corrected chi connectivity index (χ0v) is 22.9. The van der Waals surface area contributed by atoms with Crippen molar-refractivity contribution in [3.8, 4) is 11.8 Å². The molecule has 192 valence electrons. The van der Waals surface area contributed by atoms with Gasteiger partial charge in [-0.1, -0.05) is 75.4 Å². The molecule has 1 aliphatic carbocycles. The summed E-state index contributed by atoms with van der Waals surface area (Å²) in [6, 6.07) is 19.7. The Balaban J connectivity index is 1.76. The SMILES string of the molecule is Cc1ccc(CN(C)c2cc(C(O)C#Cc3ccc(C(N)=O)cc3)cc3c2C(C)(C)CCC3(C)C)cc1. The van der Waals surface area contributed by atoms with Crippen LogP contribution in [0.3, 0.4) is 0 Å². The normalized spacial score (nSPS) is 16.2. The van der Waals surface area contributed by atoms with Crippen LogP contribution in [0.1, 0.15) is 90.4 Å². The van der Waals surface area contributed by atoms with Gasteiger partial charge in [0.2, 0.25) is 5.91 Å². The molecule has 0 spiro atoms. The minimum absolute atomic E-state index is 0.00193. The van der Waals surface area contributed by atoms with E-state index in [0.717, 1.165) is 36.2 Å².